The molecule has 274 valence electrons. The number of para-hydroxylation sites is 1. The van der Waals surface area contributed by atoms with Crippen molar-refractivity contribution in [3.8, 4) is 73.0 Å². The van der Waals surface area contributed by atoms with Gasteiger partial charge in [-0.15, -0.1) is 0 Å². The van der Waals surface area contributed by atoms with E-state index in [1.807, 2.05) is 48.8 Å². The Morgan fingerprint density at radius 1 is 0.397 bits per heavy atom. The minimum atomic E-state index is -0.112. The van der Waals surface area contributed by atoms with E-state index in [-0.39, 0.29) is 5.41 Å². The van der Waals surface area contributed by atoms with Crippen LogP contribution in [0.15, 0.2) is 194 Å². The number of rotatable bonds is 6. The number of benzene rings is 6. The van der Waals surface area contributed by atoms with E-state index < -0.39 is 0 Å². The maximum absolute atomic E-state index is 5.01. The maximum atomic E-state index is 5.01. The van der Waals surface area contributed by atoms with Crippen molar-refractivity contribution in [2.75, 3.05) is 0 Å². The van der Waals surface area contributed by atoms with Crippen LogP contribution in [0.25, 0.3) is 94.8 Å². The van der Waals surface area contributed by atoms with Gasteiger partial charge in [0.15, 0.2) is 0 Å². The molecular weight excluding hydrogens is 705 g/mol. The fourth-order valence-electron chi connectivity index (χ4n) is 9.18. The number of nitrogens with zero attached hydrogens (tertiary/aromatic N) is 4. The molecule has 1 aliphatic carbocycles. The molecule has 0 atom stereocenters. The molecule has 4 aromatic heterocycles. The second-order valence-electron chi connectivity index (χ2n) is 15.7. The van der Waals surface area contributed by atoms with Gasteiger partial charge in [-0.1, -0.05) is 117 Å². The predicted molar refractivity (Wildman–Crippen MR) is 239 cm³/mol. The molecule has 0 saturated carbocycles. The number of aromatic nitrogens is 4. The summed E-state index contributed by atoms with van der Waals surface area (Å²) in [6, 6.07) is 65.3. The minimum Gasteiger partial charge on any atom is -0.309 e. The Morgan fingerprint density at radius 2 is 0.948 bits per heavy atom. The standard InChI is InChI=1S/C54H38N4/c1-54(2)46-21-7-6-18-42(46)43-20-13-19-41(53(43)54)38-25-27-52-45(32-38)44-31-37(24-26-51(44)58(52)40-16-4-3-5-17-40)35-14-12-15-36(30-35)39-33-49(47-22-8-10-28-55-47)57-50(34-39)48-23-9-11-29-56-48/h3-34H,1-2H3. The molecule has 10 aromatic rings. The summed E-state index contributed by atoms with van der Waals surface area (Å²) < 4.78 is 2.40. The van der Waals surface area contributed by atoms with E-state index in [1.54, 1.807) is 0 Å². The summed E-state index contributed by atoms with van der Waals surface area (Å²) in [7, 11) is 0. The molecule has 0 radical (unpaired) electrons. The zero-order valence-corrected chi connectivity index (χ0v) is 32.3. The highest BCUT2D eigenvalue weighted by atomic mass is 15.0. The lowest BCUT2D eigenvalue weighted by Gasteiger charge is -2.24. The van der Waals surface area contributed by atoms with E-state index in [0.29, 0.717) is 0 Å². The molecular formula is C54H38N4. The van der Waals surface area contributed by atoms with Gasteiger partial charge in [-0.2, -0.15) is 0 Å². The first-order valence-electron chi connectivity index (χ1n) is 19.8. The molecule has 0 aliphatic heterocycles. The smallest absolute Gasteiger partial charge is 0.0900 e. The summed E-state index contributed by atoms with van der Waals surface area (Å²) in [6.45, 7) is 4.73. The van der Waals surface area contributed by atoms with Crippen LogP contribution in [0.2, 0.25) is 0 Å². The minimum absolute atomic E-state index is 0.112. The van der Waals surface area contributed by atoms with Crippen LogP contribution < -0.4 is 0 Å². The van der Waals surface area contributed by atoms with Gasteiger partial charge >= 0.3 is 0 Å². The molecule has 4 nitrogen and oxygen atoms in total. The molecule has 0 saturated heterocycles. The molecule has 11 rings (SSSR count). The topological polar surface area (TPSA) is 43.6 Å². The number of hydrogen-bond acceptors (Lipinski definition) is 3. The Hall–Kier alpha value is -7.43. The lowest BCUT2D eigenvalue weighted by Crippen LogP contribution is -2.16. The molecule has 1 aliphatic rings. The third-order valence-corrected chi connectivity index (χ3v) is 11.9. The van der Waals surface area contributed by atoms with Crippen molar-refractivity contribution in [3.63, 3.8) is 0 Å². The fourth-order valence-corrected chi connectivity index (χ4v) is 9.18. The molecule has 0 N–H and O–H groups in total. The fraction of sp³-hybridized carbons (Fsp3) is 0.0556. The highest BCUT2D eigenvalue weighted by Crippen LogP contribution is 2.52. The molecule has 4 heterocycles. The summed E-state index contributed by atoms with van der Waals surface area (Å²) in [5, 5.41) is 2.45. The summed E-state index contributed by atoms with van der Waals surface area (Å²) in [5.74, 6) is 0. The Bertz CT molecular complexity index is 3120. The third kappa shape index (κ3) is 5.48. The first-order valence-corrected chi connectivity index (χ1v) is 19.8. The molecule has 6 aromatic carbocycles. The molecule has 0 spiro atoms. The van der Waals surface area contributed by atoms with Crippen molar-refractivity contribution < 1.29 is 0 Å². The second kappa shape index (κ2) is 13.4. The van der Waals surface area contributed by atoms with Crippen LogP contribution in [0.3, 0.4) is 0 Å². The van der Waals surface area contributed by atoms with E-state index >= 15 is 0 Å². The quantitative estimate of drug-likeness (QED) is 0.170. The van der Waals surface area contributed by atoms with Gasteiger partial charge in [0.25, 0.3) is 0 Å². The predicted octanol–water partition coefficient (Wildman–Crippen LogP) is 13.6. The van der Waals surface area contributed by atoms with Crippen molar-refractivity contribution in [1.82, 2.24) is 19.5 Å². The molecule has 0 unspecified atom stereocenters. The van der Waals surface area contributed by atoms with Gasteiger partial charge in [-0.3, -0.25) is 9.97 Å². The van der Waals surface area contributed by atoms with Gasteiger partial charge in [-0.25, -0.2) is 4.98 Å². The van der Waals surface area contributed by atoms with E-state index in [0.717, 1.165) is 50.7 Å². The molecule has 0 fully saturated rings. The van der Waals surface area contributed by atoms with E-state index in [2.05, 4.69) is 174 Å². The van der Waals surface area contributed by atoms with Crippen molar-refractivity contribution in [2.45, 2.75) is 19.3 Å². The van der Waals surface area contributed by atoms with Crippen molar-refractivity contribution in [3.05, 3.63) is 206 Å². The number of pyridine rings is 3. The first-order chi connectivity index (χ1) is 28.5. The van der Waals surface area contributed by atoms with Crippen molar-refractivity contribution >= 4 is 21.8 Å². The molecule has 58 heavy (non-hydrogen) atoms. The Labute approximate surface area is 337 Å². The average Bonchev–Trinajstić information content (AvgIpc) is 3.74. The van der Waals surface area contributed by atoms with Crippen LogP contribution in [-0.2, 0) is 5.41 Å². The Balaban J connectivity index is 1.07. The third-order valence-electron chi connectivity index (χ3n) is 11.9. The summed E-state index contributed by atoms with van der Waals surface area (Å²) in [4.78, 5) is 14.3. The van der Waals surface area contributed by atoms with E-state index in [9.17, 15) is 0 Å². The number of fused-ring (bicyclic) bond motifs is 6. The van der Waals surface area contributed by atoms with Gasteiger partial charge in [0.2, 0.25) is 0 Å². The summed E-state index contributed by atoms with van der Waals surface area (Å²) in [5.41, 5.74) is 19.1. The van der Waals surface area contributed by atoms with Gasteiger partial charge in [0.05, 0.1) is 33.8 Å². The van der Waals surface area contributed by atoms with Crippen LogP contribution in [0.1, 0.15) is 25.0 Å². The molecule has 0 amide bonds. The second-order valence-corrected chi connectivity index (χ2v) is 15.7. The van der Waals surface area contributed by atoms with Gasteiger partial charge in [0, 0.05) is 34.3 Å². The highest BCUT2D eigenvalue weighted by molar-refractivity contribution is 6.12. The zero-order valence-electron chi connectivity index (χ0n) is 32.3. The average molecular weight is 743 g/mol. The first kappa shape index (κ1) is 33.9. The largest absolute Gasteiger partial charge is 0.309 e. The lowest BCUT2D eigenvalue weighted by atomic mass is 9.79. The van der Waals surface area contributed by atoms with Crippen LogP contribution >= 0.6 is 0 Å². The van der Waals surface area contributed by atoms with Crippen LogP contribution in [-0.4, -0.2) is 19.5 Å². The normalized spacial score (nSPS) is 12.8. The SMILES string of the molecule is CC1(C)c2ccccc2-c2cccc(-c3ccc4c(c3)c3cc(-c5cccc(-c6cc(-c7ccccn7)nc(-c7ccccn7)c6)c5)ccc3n4-c3ccccc3)c21. The molecule has 4 heteroatoms. The van der Waals surface area contributed by atoms with Crippen molar-refractivity contribution in [1.29, 1.82) is 0 Å². The zero-order chi connectivity index (χ0) is 38.8. The van der Waals surface area contributed by atoms with E-state index in [1.165, 1.54) is 55.2 Å². The van der Waals surface area contributed by atoms with Gasteiger partial charge < -0.3 is 4.57 Å². The Kier molecular flexibility index (Phi) is 7.80. The highest BCUT2D eigenvalue weighted by Gasteiger charge is 2.37. The summed E-state index contributed by atoms with van der Waals surface area (Å²) >= 11 is 0. The lowest BCUT2D eigenvalue weighted by molar-refractivity contribution is 0.662. The maximum Gasteiger partial charge on any atom is 0.0900 e. The number of hydrogen-bond donors (Lipinski definition) is 0. The van der Waals surface area contributed by atoms with Crippen LogP contribution in [0, 0.1) is 0 Å². The van der Waals surface area contributed by atoms with Crippen LogP contribution in [0.5, 0.6) is 0 Å². The van der Waals surface area contributed by atoms with Crippen LogP contribution in [0.4, 0.5) is 0 Å². The summed E-state index contributed by atoms with van der Waals surface area (Å²) in [6.07, 6.45) is 3.62. The van der Waals surface area contributed by atoms with Gasteiger partial charge in [-0.05, 0) is 134 Å². The monoisotopic (exact) mass is 742 g/mol. The van der Waals surface area contributed by atoms with Crippen molar-refractivity contribution in [2.24, 2.45) is 0 Å². The van der Waals surface area contributed by atoms with E-state index in [4.69, 9.17) is 4.98 Å². The Morgan fingerprint density at radius 3 is 1.64 bits per heavy atom. The molecule has 0 bridgehead atoms. The van der Waals surface area contributed by atoms with Gasteiger partial charge in [0.1, 0.15) is 0 Å².